The number of nitrogens with one attached hydrogen (secondary N) is 1. The number of fused-ring (bicyclic) bond motifs is 1. The van der Waals surface area contributed by atoms with Gasteiger partial charge in [0.05, 0.1) is 10.2 Å². The standard InChI is InChI=1S/C16H15ClN2S/c1-2-11-3-5-12(6-4-11)10-18-16-19-14-9-13(17)7-8-15(14)20-16/h3-9H,2,10H2,1H3,(H,18,19). The van der Waals surface area contributed by atoms with Crippen LogP contribution in [0.3, 0.4) is 0 Å². The SMILES string of the molecule is CCc1ccc(CNc2nc3cc(Cl)ccc3s2)cc1. The fourth-order valence-electron chi connectivity index (χ4n) is 2.05. The molecule has 0 fully saturated rings. The number of halogens is 1. The number of hydrogen-bond acceptors (Lipinski definition) is 3. The van der Waals surface area contributed by atoms with Crippen LogP contribution in [0.1, 0.15) is 18.1 Å². The molecule has 2 aromatic carbocycles. The second-order valence-electron chi connectivity index (χ2n) is 4.65. The molecule has 0 saturated carbocycles. The number of hydrogen-bond donors (Lipinski definition) is 1. The van der Waals surface area contributed by atoms with Crippen LogP contribution in [0.4, 0.5) is 5.13 Å². The lowest BCUT2D eigenvalue weighted by molar-refractivity contribution is 1.10. The molecule has 20 heavy (non-hydrogen) atoms. The molecule has 0 unspecified atom stereocenters. The van der Waals surface area contributed by atoms with Crippen molar-refractivity contribution >= 4 is 38.3 Å². The Labute approximate surface area is 127 Å². The van der Waals surface area contributed by atoms with Gasteiger partial charge in [0.1, 0.15) is 0 Å². The van der Waals surface area contributed by atoms with Crippen LogP contribution < -0.4 is 5.32 Å². The maximum atomic E-state index is 5.97. The van der Waals surface area contributed by atoms with Gasteiger partial charge in [0.25, 0.3) is 0 Å². The smallest absolute Gasteiger partial charge is 0.184 e. The summed E-state index contributed by atoms with van der Waals surface area (Å²) in [5, 5.41) is 5.03. The lowest BCUT2D eigenvalue weighted by Gasteiger charge is -2.03. The Balaban J connectivity index is 1.72. The summed E-state index contributed by atoms with van der Waals surface area (Å²) in [5.74, 6) is 0. The van der Waals surface area contributed by atoms with Crippen molar-refractivity contribution in [2.24, 2.45) is 0 Å². The molecule has 0 aliphatic heterocycles. The largest absolute Gasteiger partial charge is 0.357 e. The minimum Gasteiger partial charge on any atom is -0.357 e. The third kappa shape index (κ3) is 2.94. The van der Waals surface area contributed by atoms with E-state index in [1.807, 2.05) is 18.2 Å². The molecule has 0 atom stereocenters. The molecule has 0 bridgehead atoms. The Bertz CT molecular complexity index is 719. The molecule has 1 N–H and O–H groups in total. The van der Waals surface area contributed by atoms with E-state index in [0.29, 0.717) is 0 Å². The Morgan fingerprint density at radius 3 is 2.60 bits per heavy atom. The van der Waals surface area contributed by atoms with Gasteiger partial charge >= 0.3 is 0 Å². The number of thiazole rings is 1. The van der Waals surface area contributed by atoms with Crippen LogP contribution in [0.5, 0.6) is 0 Å². The summed E-state index contributed by atoms with van der Waals surface area (Å²) in [5.41, 5.74) is 3.58. The van der Waals surface area contributed by atoms with Gasteiger partial charge in [-0.05, 0) is 35.7 Å². The molecule has 3 rings (SSSR count). The third-order valence-electron chi connectivity index (χ3n) is 3.22. The number of benzene rings is 2. The van der Waals surface area contributed by atoms with Crippen LogP contribution in [0.15, 0.2) is 42.5 Å². The average molecular weight is 303 g/mol. The summed E-state index contributed by atoms with van der Waals surface area (Å²) >= 11 is 7.63. The van der Waals surface area contributed by atoms with E-state index < -0.39 is 0 Å². The summed E-state index contributed by atoms with van der Waals surface area (Å²) in [6.07, 6.45) is 1.08. The van der Waals surface area contributed by atoms with Crippen LogP contribution in [-0.4, -0.2) is 4.98 Å². The molecule has 1 aromatic heterocycles. The van der Waals surface area contributed by atoms with Gasteiger partial charge in [0.2, 0.25) is 0 Å². The monoisotopic (exact) mass is 302 g/mol. The highest BCUT2D eigenvalue weighted by Crippen LogP contribution is 2.28. The predicted octanol–water partition coefficient (Wildman–Crippen LogP) is 5.12. The first-order valence-corrected chi connectivity index (χ1v) is 7.82. The van der Waals surface area contributed by atoms with E-state index in [9.17, 15) is 0 Å². The second kappa shape index (κ2) is 5.81. The van der Waals surface area contributed by atoms with Gasteiger partial charge in [0.15, 0.2) is 5.13 Å². The molecule has 102 valence electrons. The molecular formula is C16H15ClN2S. The van der Waals surface area contributed by atoms with Crippen molar-refractivity contribution in [3.63, 3.8) is 0 Å². The molecule has 0 saturated heterocycles. The van der Waals surface area contributed by atoms with E-state index in [2.05, 4.69) is 41.5 Å². The number of aryl methyl sites for hydroxylation is 1. The Hall–Kier alpha value is -1.58. The van der Waals surface area contributed by atoms with Crippen molar-refractivity contribution in [1.82, 2.24) is 4.98 Å². The topological polar surface area (TPSA) is 24.9 Å². The van der Waals surface area contributed by atoms with E-state index >= 15 is 0 Å². The zero-order valence-electron chi connectivity index (χ0n) is 11.2. The van der Waals surface area contributed by atoms with Crippen LogP contribution in [0, 0.1) is 0 Å². The zero-order chi connectivity index (χ0) is 13.9. The summed E-state index contributed by atoms with van der Waals surface area (Å²) < 4.78 is 1.15. The summed E-state index contributed by atoms with van der Waals surface area (Å²) in [7, 11) is 0. The first-order valence-electron chi connectivity index (χ1n) is 6.62. The number of anilines is 1. The van der Waals surface area contributed by atoms with Gasteiger partial charge in [-0.1, -0.05) is 54.1 Å². The second-order valence-corrected chi connectivity index (χ2v) is 6.12. The number of aromatic nitrogens is 1. The lowest BCUT2D eigenvalue weighted by atomic mass is 10.1. The van der Waals surface area contributed by atoms with E-state index in [-0.39, 0.29) is 0 Å². The van der Waals surface area contributed by atoms with Gasteiger partial charge in [-0.3, -0.25) is 0 Å². The summed E-state index contributed by atoms with van der Waals surface area (Å²) in [6, 6.07) is 14.5. The maximum absolute atomic E-state index is 5.97. The van der Waals surface area contributed by atoms with Crippen molar-refractivity contribution in [3.8, 4) is 0 Å². The Kier molecular flexibility index (Phi) is 3.90. The molecule has 0 aliphatic carbocycles. The van der Waals surface area contributed by atoms with Crippen molar-refractivity contribution in [1.29, 1.82) is 0 Å². The first-order chi connectivity index (χ1) is 9.74. The van der Waals surface area contributed by atoms with Crippen molar-refractivity contribution < 1.29 is 0 Å². The number of nitrogens with zero attached hydrogens (tertiary/aromatic N) is 1. The van der Waals surface area contributed by atoms with E-state index in [0.717, 1.165) is 33.3 Å². The highest BCUT2D eigenvalue weighted by molar-refractivity contribution is 7.22. The third-order valence-corrected chi connectivity index (χ3v) is 4.45. The normalized spacial score (nSPS) is 10.9. The first kappa shape index (κ1) is 13.4. The van der Waals surface area contributed by atoms with Gasteiger partial charge in [0, 0.05) is 11.6 Å². The van der Waals surface area contributed by atoms with E-state index in [1.165, 1.54) is 11.1 Å². The van der Waals surface area contributed by atoms with Crippen molar-refractivity contribution in [3.05, 3.63) is 58.6 Å². The quantitative estimate of drug-likeness (QED) is 0.723. The Morgan fingerprint density at radius 2 is 1.85 bits per heavy atom. The molecule has 0 amide bonds. The fraction of sp³-hybridized carbons (Fsp3) is 0.188. The lowest BCUT2D eigenvalue weighted by Crippen LogP contribution is -1.98. The minimum atomic E-state index is 0.726. The van der Waals surface area contributed by atoms with Crippen molar-refractivity contribution in [2.75, 3.05) is 5.32 Å². The predicted molar refractivity (Wildman–Crippen MR) is 87.8 cm³/mol. The summed E-state index contributed by atoms with van der Waals surface area (Å²) in [6.45, 7) is 2.96. The van der Waals surface area contributed by atoms with Crippen LogP contribution in [0.25, 0.3) is 10.2 Å². The van der Waals surface area contributed by atoms with E-state index in [1.54, 1.807) is 11.3 Å². The molecule has 1 heterocycles. The van der Waals surface area contributed by atoms with Crippen LogP contribution >= 0.6 is 22.9 Å². The average Bonchev–Trinajstić information content (AvgIpc) is 2.87. The summed E-state index contributed by atoms with van der Waals surface area (Å²) in [4.78, 5) is 4.55. The van der Waals surface area contributed by atoms with Gasteiger partial charge in [-0.25, -0.2) is 4.98 Å². The minimum absolute atomic E-state index is 0.726. The molecule has 2 nitrogen and oxygen atoms in total. The molecule has 0 aliphatic rings. The maximum Gasteiger partial charge on any atom is 0.184 e. The van der Waals surface area contributed by atoms with Gasteiger partial charge in [-0.15, -0.1) is 0 Å². The van der Waals surface area contributed by atoms with Crippen LogP contribution in [0.2, 0.25) is 5.02 Å². The van der Waals surface area contributed by atoms with Gasteiger partial charge < -0.3 is 5.32 Å². The Morgan fingerprint density at radius 1 is 1.10 bits per heavy atom. The van der Waals surface area contributed by atoms with E-state index in [4.69, 9.17) is 11.6 Å². The molecule has 4 heteroatoms. The number of rotatable bonds is 4. The molecule has 0 radical (unpaired) electrons. The van der Waals surface area contributed by atoms with Crippen LogP contribution in [-0.2, 0) is 13.0 Å². The zero-order valence-corrected chi connectivity index (χ0v) is 12.8. The molecular weight excluding hydrogens is 288 g/mol. The fourth-order valence-corrected chi connectivity index (χ4v) is 3.05. The van der Waals surface area contributed by atoms with Crippen molar-refractivity contribution in [2.45, 2.75) is 19.9 Å². The molecule has 3 aromatic rings. The van der Waals surface area contributed by atoms with Gasteiger partial charge in [-0.2, -0.15) is 0 Å². The highest BCUT2D eigenvalue weighted by Gasteiger charge is 2.04. The highest BCUT2D eigenvalue weighted by atomic mass is 35.5. The molecule has 0 spiro atoms.